The maximum absolute atomic E-state index is 12.9. The summed E-state index contributed by atoms with van der Waals surface area (Å²) in [6.45, 7) is 9.74. The number of quaternary nitrogens is 2. The summed E-state index contributed by atoms with van der Waals surface area (Å²) in [7, 11) is 7.58. The third-order valence-electron chi connectivity index (χ3n) is 14.6. The van der Waals surface area contributed by atoms with Crippen molar-refractivity contribution in [3.63, 3.8) is 0 Å². The Balaban J connectivity index is 4.10. The van der Waals surface area contributed by atoms with Crippen molar-refractivity contribution in [1.82, 2.24) is 0 Å². The molecule has 4 unspecified atom stereocenters. The second-order valence-electron chi connectivity index (χ2n) is 23.5. The van der Waals surface area contributed by atoms with Gasteiger partial charge in [0.2, 0.25) is 0 Å². The third kappa shape index (κ3) is 48.6. The lowest BCUT2D eigenvalue weighted by molar-refractivity contribution is -0.883. The minimum atomic E-state index is -0.720. The van der Waals surface area contributed by atoms with E-state index in [1.54, 1.807) is 0 Å². The van der Waals surface area contributed by atoms with Gasteiger partial charge in [-0.25, -0.2) is 9.59 Å². The van der Waals surface area contributed by atoms with Crippen LogP contribution in [0.25, 0.3) is 0 Å². The van der Waals surface area contributed by atoms with E-state index in [2.05, 4.69) is 13.8 Å². The molecular weight excluding hydrogens is 997 g/mol. The molecule has 0 aliphatic rings. The maximum Gasteiger partial charge on any atom is 0.362 e. The summed E-state index contributed by atoms with van der Waals surface area (Å²) in [5.41, 5.74) is 0. The molecule has 0 amide bonds. The van der Waals surface area contributed by atoms with Crippen LogP contribution in [0.5, 0.6) is 0 Å². The SMILES string of the molecule is CCCCCCCCC(OC(=O)C[N+](C)(C)CCOC(C)=O)C(O)CCCCCCCC(=O)OCCCCCCCCCCOC(=O)CCCCCCCC(O)C(CCCCCCCC)OC(=O)C[N+](C)(C)CCOC(C)=O. The van der Waals surface area contributed by atoms with E-state index in [9.17, 15) is 39.0 Å². The lowest BCUT2D eigenvalue weighted by Gasteiger charge is -2.30. The number of unbranched alkanes of at least 4 members (excludes halogenated alkanes) is 25. The fourth-order valence-electron chi connectivity index (χ4n) is 9.51. The largest absolute Gasteiger partial charge is 0.466 e. The van der Waals surface area contributed by atoms with Crippen LogP contribution in [0.15, 0.2) is 0 Å². The number of aliphatic hydroxyl groups is 2. The molecule has 78 heavy (non-hydrogen) atoms. The van der Waals surface area contributed by atoms with Crippen LogP contribution in [-0.4, -0.2) is 160 Å². The summed E-state index contributed by atoms with van der Waals surface area (Å²) in [6.07, 6.45) is 31.3. The Labute approximate surface area is 474 Å². The Bertz CT molecular complexity index is 1420. The van der Waals surface area contributed by atoms with E-state index in [0.29, 0.717) is 73.8 Å². The van der Waals surface area contributed by atoms with Crippen LogP contribution in [0.4, 0.5) is 0 Å². The van der Waals surface area contributed by atoms with Crippen molar-refractivity contribution in [2.75, 3.05) is 80.8 Å². The molecule has 16 nitrogen and oxygen atoms in total. The topological polar surface area (TPSA) is 198 Å². The van der Waals surface area contributed by atoms with E-state index in [1.807, 2.05) is 28.2 Å². The van der Waals surface area contributed by atoms with Gasteiger partial charge >= 0.3 is 35.8 Å². The molecule has 2 N–H and O–H groups in total. The third-order valence-corrected chi connectivity index (χ3v) is 14.6. The highest BCUT2D eigenvalue weighted by atomic mass is 16.6. The van der Waals surface area contributed by atoms with Crippen molar-refractivity contribution in [2.45, 2.75) is 283 Å². The number of aliphatic hydroxyl groups excluding tert-OH is 2. The zero-order valence-corrected chi connectivity index (χ0v) is 51.1. The van der Waals surface area contributed by atoms with E-state index in [-0.39, 0.29) is 62.1 Å². The number of hydrogen-bond acceptors (Lipinski definition) is 14. The first-order valence-corrected chi connectivity index (χ1v) is 31.3. The van der Waals surface area contributed by atoms with Gasteiger partial charge in [-0.05, 0) is 64.2 Å². The van der Waals surface area contributed by atoms with E-state index in [0.717, 1.165) is 154 Å². The van der Waals surface area contributed by atoms with Crippen molar-refractivity contribution < 1.29 is 76.4 Å². The molecule has 4 atom stereocenters. The lowest BCUT2D eigenvalue weighted by atomic mass is 9.99. The van der Waals surface area contributed by atoms with Gasteiger partial charge < -0.3 is 47.6 Å². The first-order valence-electron chi connectivity index (χ1n) is 31.3. The number of nitrogens with zero attached hydrogens (tertiary/aromatic N) is 2. The normalized spacial score (nSPS) is 13.3. The Morgan fingerprint density at radius 3 is 0.949 bits per heavy atom. The van der Waals surface area contributed by atoms with Gasteiger partial charge in [-0.15, -0.1) is 0 Å². The molecule has 0 heterocycles. The van der Waals surface area contributed by atoms with Crippen LogP contribution in [0.2, 0.25) is 0 Å². The smallest absolute Gasteiger partial charge is 0.362 e. The molecule has 0 aromatic rings. The monoisotopic (exact) mass is 1110 g/mol. The lowest BCUT2D eigenvalue weighted by Crippen LogP contribution is -2.47. The van der Waals surface area contributed by atoms with Crippen LogP contribution >= 0.6 is 0 Å². The van der Waals surface area contributed by atoms with Gasteiger partial charge in [0.15, 0.2) is 13.1 Å². The minimum Gasteiger partial charge on any atom is -0.466 e. The van der Waals surface area contributed by atoms with E-state index in [4.69, 9.17) is 28.4 Å². The highest BCUT2D eigenvalue weighted by Crippen LogP contribution is 2.21. The average molecular weight is 1120 g/mol. The molecule has 16 heteroatoms. The van der Waals surface area contributed by atoms with Crippen LogP contribution < -0.4 is 0 Å². The molecule has 0 aromatic heterocycles. The predicted octanol–water partition coefficient (Wildman–Crippen LogP) is 12.0. The highest BCUT2D eigenvalue weighted by molar-refractivity contribution is 5.71. The Morgan fingerprint density at radius 2 is 0.628 bits per heavy atom. The Hall–Kier alpha value is -3.34. The summed E-state index contributed by atoms with van der Waals surface area (Å²) >= 11 is 0. The molecule has 0 bridgehead atoms. The van der Waals surface area contributed by atoms with Crippen LogP contribution in [0.1, 0.15) is 259 Å². The quantitative estimate of drug-likeness (QED) is 0.0252. The zero-order chi connectivity index (χ0) is 58.1. The first kappa shape index (κ1) is 74.7. The number of esters is 6. The van der Waals surface area contributed by atoms with Crippen molar-refractivity contribution in [1.29, 1.82) is 0 Å². The van der Waals surface area contributed by atoms with Gasteiger partial charge in [0.05, 0.1) is 53.6 Å². The summed E-state index contributed by atoms with van der Waals surface area (Å²) in [5.74, 6) is -1.67. The highest BCUT2D eigenvalue weighted by Gasteiger charge is 2.29. The number of ether oxygens (including phenoxy) is 6. The van der Waals surface area contributed by atoms with Crippen LogP contribution in [-0.2, 0) is 57.2 Å². The predicted molar refractivity (Wildman–Crippen MR) is 308 cm³/mol. The number of hydrogen-bond donors (Lipinski definition) is 2. The first-order chi connectivity index (χ1) is 37.3. The Morgan fingerprint density at radius 1 is 0.346 bits per heavy atom. The molecule has 458 valence electrons. The summed E-state index contributed by atoms with van der Waals surface area (Å²) in [5, 5.41) is 22.2. The second kappa shape index (κ2) is 49.5. The van der Waals surface area contributed by atoms with Gasteiger partial charge in [0.25, 0.3) is 0 Å². The second-order valence-corrected chi connectivity index (χ2v) is 23.5. The minimum absolute atomic E-state index is 0.131. The molecule has 0 fully saturated rings. The average Bonchev–Trinajstić information content (AvgIpc) is 3.36. The van der Waals surface area contributed by atoms with Crippen LogP contribution in [0, 0.1) is 0 Å². The van der Waals surface area contributed by atoms with Gasteiger partial charge in [0.1, 0.15) is 38.5 Å². The fraction of sp³-hybridized carbons (Fsp3) is 0.903. The molecule has 0 aromatic carbocycles. The van der Waals surface area contributed by atoms with Crippen molar-refractivity contribution in [3.05, 3.63) is 0 Å². The van der Waals surface area contributed by atoms with Gasteiger partial charge in [-0.3, -0.25) is 19.2 Å². The summed E-state index contributed by atoms with van der Waals surface area (Å²) in [4.78, 5) is 72.8. The molecule has 0 saturated heterocycles. The van der Waals surface area contributed by atoms with Gasteiger partial charge in [-0.2, -0.15) is 0 Å². The number of carbonyl (C=O) groups excluding carboxylic acids is 6. The molecule has 0 radical (unpaired) electrons. The van der Waals surface area contributed by atoms with Crippen molar-refractivity contribution in [3.8, 4) is 0 Å². The van der Waals surface area contributed by atoms with Crippen molar-refractivity contribution >= 4 is 35.8 Å². The summed E-state index contributed by atoms with van der Waals surface area (Å²) < 4.78 is 33.5. The van der Waals surface area contributed by atoms with Gasteiger partial charge in [0, 0.05) is 26.7 Å². The molecular formula is C62H118N2O14+2. The molecule has 0 aliphatic heterocycles. The number of carbonyl (C=O) groups is 6. The maximum atomic E-state index is 12.9. The Kier molecular flexibility index (Phi) is 47.4. The zero-order valence-electron chi connectivity index (χ0n) is 51.1. The van der Waals surface area contributed by atoms with Crippen molar-refractivity contribution in [2.24, 2.45) is 0 Å². The molecule has 0 saturated carbocycles. The molecule has 0 rings (SSSR count). The van der Waals surface area contributed by atoms with E-state index < -0.39 is 24.4 Å². The number of rotatable bonds is 55. The van der Waals surface area contributed by atoms with E-state index >= 15 is 0 Å². The van der Waals surface area contributed by atoms with Crippen LogP contribution in [0.3, 0.4) is 0 Å². The standard InChI is InChI=1S/C62H118N2O14/c1-9-11-13-15-25-33-41-57(77-61(71)51-63(5,6)45-49-73-53(3)65)55(67)39-31-23-21-27-35-43-59(69)75-47-37-29-19-17-18-20-30-38-48-76-60(70)44-36-28-22-24-32-40-56(68)58(42-34-26-16-14-12-10-2)78-62(72)52-64(7,8)46-50-74-54(4)66/h55-58,67-68H,9-52H2,1-8H3/q+2. The van der Waals surface area contributed by atoms with E-state index in [1.165, 1.54) is 52.4 Å². The molecule has 0 aliphatic carbocycles. The van der Waals surface area contributed by atoms with Gasteiger partial charge in [-0.1, -0.05) is 168 Å². The summed E-state index contributed by atoms with van der Waals surface area (Å²) in [6, 6.07) is 0. The fourth-order valence-corrected chi connectivity index (χ4v) is 9.51. The molecule has 0 spiro atoms. The number of likely N-dealkylation sites (N-methyl/N-ethyl adjacent to an activating group) is 2.